The van der Waals surface area contributed by atoms with E-state index >= 15 is 0 Å². The Morgan fingerprint density at radius 2 is 0.968 bits per heavy atom. The lowest BCUT2D eigenvalue weighted by Crippen LogP contribution is -2.42. The first-order chi connectivity index (χ1) is 14.4. The molecule has 0 fully saturated rings. The van der Waals surface area contributed by atoms with Crippen LogP contribution in [0.4, 0.5) is 11.4 Å². The average Bonchev–Trinajstić information content (AvgIpc) is 2.67. The Balaban J connectivity index is 0.000000330. The largest absolute Gasteiger partial charge is 0.481 e. The van der Waals surface area contributed by atoms with Gasteiger partial charge in [-0.05, 0) is 35.4 Å². The number of carbonyl (C=O) groups is 3. The standard InChI is InChI=1S/C16H20N2.C6H8O7/c1-17(2)15-9-5-13(6-10-15)14-7-11-16(12-8-14)18(3)4;7-3(8)1-6(13,5(11)12)2-4(9)10/h5-12H,1-4H3;13H,1-2H2,(H,7,8)(H,9,10)(H,11,12). The zero-order chi connectivity index (χ0) is 23.8. The van der Waals surface area contributed by atoms with E-state index in [9.17, 15) is 14.4 Å². The summed E-state index contributed by atoms with van der Waals surface area (Å²) in [5.74, 6) is -5.02. The Morgan fingerprint density at radius 1 is 0.677 bits per heavy atom. The molecule has 0 saturated carbocycles. The molecule has 0 radical (unpaired) electrons. The van der Waals surface area contributed by atoms with E-state index < -0.39 is 36.4 Å². The van der Waals surface area contributed by atoms with Crippen LogP contribution in [0.3, 0.4) is 0 Å². The number of carboxylic acid groups (broad SMARTS) is 3. The predicted molar refractivity (Wildman–Crippen MR) is 118 cm³/mol. The van der Waals surface area contributed by atoms with Gasteiger partial charge in [0.2, 0.25) is 0 Å². The minimum Gasteiger partial charge on any atom is -0.481 e. The Labute approximate surface area is 180 Å². The second-order valence-electron chi connectivity index (χ2n) is 7.36. The van der Waals surface area contributed by atoms with Crippen molar-refractivity contribution in [3.8, 4) is 11.1 Å². The lowest BCUT2D eigenvalue weighted by atomic mass is 9.96. The van der Waals surface area contributed by atoms with E-state index in [1.165, 1.54) is 22.5 Å². The van der Waals surface area contributed by atoms with E-state index in [2.05, 4.69) is 86.5 Å². The normalized spacial score (nSPS) is 10.5. The van der Waals surface area contributed by atoms with Gasteiger partial charge in [0.05, 0.1) is 12.8 Å². The molecule has 9 nitrogen and oxygen atoms in total. The van der Waals surface area contributed by atoms with Gasteiger partial charge >= 0.3 is 17.9 Å². The molecule has 2 aromatic carbocycles. The quantitative estimate of drug-likeness (QED) is 0.494. The van der Waals surface area contributed by atoms with Crippen LogP contribution in [0.1, 0.15) is 12.8 Å². The van der Waals surface area contributed by atoms with Crippen LogP contribution in [0, 0.1) is 0 Å². The Kier molecular flexibility index (Phi) is 9.01. The van der Waals surface area contributed by atoms with E-state index in [1.807, 2.05) is 0 Å². The van der Waals surface area contributed by atoms with Gasteiger partial charge in [-0.1, -0.05) is 24.3 Å². The van der Waals surface area contributed by atoms with E-state index in [0.717, 1.165) is 0 Å². The van der Waals surface area contributed by atoms with Crippen LogP contribution in [0.2, 0.25) is 0 Å². The molecule has 2 aromatic rings. The molecule has 0 bridgehead atoms. The van der Waals surface area contributed by atoms with Crippen molar-refractivity contribution in [2.24, 2.45) is 0 Å². The van der Waals surface area contributed by atoms with Crippen molar-refractivity contribution in [1.82, 2.24) is 0 Å². The number of aliphatic hydroxyl groups is 1. The molecule has 168 valence electrons. The second-order valence-corrected chi connectivity index (χ2v) is 7.36. The molecule has 9 heteroatoms. The first kappa shape index (κ1) is 25.4. The Bertz CT molecular complexity index is 826. The van der Waals surface area contributed by atoms with Crippen molar-refractivity contribution in [3.63, 3.8) is 0 Å². The number of rotatable bonds is 8. The highest BCUT2D eigenvalue weighted by atomic mass is 16.4. The summed E-state index contributed by atoms with van der Waals surface area (Å²) < 4.78 is 0. The van der Waals surface area contributed by atoms with Gasteiger partial charge in [-0.15, -0.1) is 0 Å². The van der Waals surface area contributed by atoms with Crippen molar-refractivity contribution < 1.29 is 34.8 Å². The van der Waals surface area contributed by atoms with Crippen LogP contribution in [0.15, 0.2) is 48.5 Å². The fraction of sp³-hybridized carbons (Fsp3) is 0.318. The number of nitrogens with zero attached hydrogens (tertiary/aromatic N) is 2. The maximum atomic E-state index is 10.3. The van der Waals surface area contributed by atoms with Gasteiger partial charge in [-0.3, -0.25) is 9.59 Å². The lowest BCUT2D eigenvalue weighted by Gasteiger charge is -2.18. The first-order valence-electron chi connectivity index (χ1n) is 9.30. The Morgan fingerprint density at radius 3 is 1.16 bits per heavy atom. The van der Waals surface area contributed by atoms with E-state index in [0.29, 0.717) is 0 Å². The number of aliphatic carboxylic acids is 3. The number of hydrogen-bond acceptors (Lipinski definition) is 6. The molecule has 2 rings (SSSR count). The zero-order valence-electron chi connectivity index (χ0n) is 17.9. The predicted octanol–water partition coefficient (Wildman–Crippen LogP) is 2.24. The summed E-state index contributed by atoms with van der Waals surface area (Å²) in [6.07, 6.45) is -2.29. The molecule has 0 heterocycles. The number of hydrogen-bond donors (Lipinski definition) is 4. The smallest absolute Gasteiger partial charge is 0.336 e. The van der Waals surface area contributed by atoms with E-state index in [-0.39, 0.29) is 0 Å². The van der Waals surface area contributed by atoms with Gasteiger partial charge < -0.3 is 30.2 Å². The van der Waals surface area contributed by atoms with Crippen molar-refractivity contribution in [1.29, 1.82) is 0 Å². The van der Waals surface area contributed by atoms with Crippen molar-refractivity contribution >= 4 is 29.3 Å². The molecule has 0 saturated heterocycles. The maximum Gasteiger partial charge on any atom is 0.336 e. The molecular weight excluding hydrogens is 404 g/mol. The zero-order valence-corrected chi connectivity index (χ0v) is 17.9. The van der Waals surface area contributed by atoms with Crippen LogP contribution < -0.4 is 9.80 Å². The van der Waals surface area contributed by atoms with Crippen molar-refractivity contribution in [2.45, 2.75) is 18.4 Å². The minimum atomic E-state index is -2.74. The molecule has 0 atom stereocenters. The summed E-state index contributed by atoms with van der Waals surface area (Å²) in [5, 5.41) is 33.8. The van der Waals surface area contributed by atoms with Crippen LogP contribution >= 0.6 is 0 Å². The van der Waals surface area contributed by atoms with Gasteiger partial charge in [0, 0.05) is 39.6 Å². The molecule has 0 aliphatic carbocycles. The first-order valence-corrected chi connectivity index (χ1v) is 9.30. The molecule has 0 aliphatic heterocycles. The monoisotopic (exact) mass is 432 g/mol. The van der Waals surface area contributed by atoms with Crippen LogP contribution in [-0.4, -0.2) is 72.1 Å². The van der Waals surface area contributed by atoms with Crippen molar-refractivity contribution in [2.75, 3.05) is 38.0 Å². The average molecular weight is 432 g/mol. The van der Waals surface area contributed by atoms with Gasteiger partial charge in [-0.2, -0.15) is 0 Å². The molecule has 0 amide bonds. The molecule has 0 aliphatic rings. The van der Waals surface area contributed by atoms with Crippen molar-refractivity contribution in [3.05, 3.63) is 48.5 Å². The topological polar surface area (TPSA) is 139 Å². The highest BCUT2D eigenvalue weighted by molar-refractivity contribution is 5.88. The maximum absolute atomic E-state index is 10.3. The lowest BCUT2D eigenvalue weighted by molar-refractivity contribution is -0.170. The van der Waals surface area contributed by atoms with Gasteiger partial charge in [0.25, 0.3) is 0 Å². The number of benzene rings is 2. The van der Waals surface area contributed by atoms with Crippen LogP contribution in [0.5, 0.6) is 0 Å². The molecule has 31 heavy (non-hydrogen) atoms. The number of anilines is 2. The molecule has 4 N–H and O–H groups in total. The summed E-state index contributed by atoms with van der Waals surface area (Å²) in [5.41, 5.74) is 2.22. The van der Waals surface area contributed by atoms with E-state index in [4.69, 9.17) is 20.4 Å². The summed E-state index contributed by atoms with van der Waals surface area (Å²) in [7, 11) is 8.23. The molecule has 0 unspecified atom stereocenters. The third-order valence-corrected chi connectivity index (χ3v) is 4.39. The van der Waals surface area contributed by atoms with Gasteiger partial charge in [0.1, 0.15) is 0 Å². The molecule has 0 spiro atoms. The summed E-state index contributed by atoms with van der Waals surface area (Å²) >= 11 is 0. The summed E-state index contributed by atoms with van der Waals surface area (Å²) in [4.78, 5) is 34.7. The SMILES string of the molecule is CN(C)c1ccc(-c2ccc(N(C)C)cc2)cc1.O=C(O)CC(O)(CC(=O)O)C(=O)O. The third-order valence-electron chi connectivity index (χ3n) is 4.39. The minimum absolute atomic E-state index is 1.14. The fourth-order valence-electron chi connectivity index (χ4n) is 2.62. The second kappa shape index (κ2) is 11.0. The highest BCUT2D eigenvalue weighted by Gasteiger charge is 2.40. The van der Waals surface area contributed by atoms with E-state index in [1.54, 1.807) is 0 Å². The summed E-state index contributed by atoms with van der Waals surface area (Å²) in [6.45, 7) is 0. The third kappa shape index (κ3) is 7.98. The van der Waals surface area contributed by atoms with Crippen LogP contribution in [0.25, 0.3) is 11.1 Å². The summed E-state index contributed by atoms with van der Waals surface area (Å²) in [6, 6.07) is 17.3. The highest BCUT2D eigenvalue weighted by Crippen LogP contribution is 2.24. The van der Waals surface area contributed by atoms with Gasteiger partial charge in [0.15, 0.2) is 5.60 Å². The fourth-order valence-corrected chi connectivity index (χ4v) is 2.62. The molecular formula is C22H28N2O7. The number of carboxylic acids is 3. The van der Waals surface area contributed by atoms with Gasteiger partial charge in [-0.25, -0.2) is 4.79 Å². The Hall–Kier alpha value is -3.59. The molecule has 0 aromatic heterocycles. The van der Waals surface area contributed by atoms with Crippen LogP contribution in [-0.2, 0) is 14.4 Å².